The fourth-order valence-electron chi connectivity index (χ4n) is 4.02. The van der Waals surface area contributed by atoms with E-state index in [1.807, 2.05) is 74.6 Å². The van der Waals surface area contributed by atoms with Gasteiger partial charge >= 0.3 is 0 Å². The molecule has 0 radical (unpaired) electrons. The van der Waals surface area contributed by atoms with E-state index in [1.54, 1.807) is 0 Å². The molecule has 0 aliphatic heterocycles. The van der Waals surface area contributed by atoms with Crippen molar-refractivity contribution in [1.29, 1.82) is 0 Å². The Morgan fingerprint density at radius 2 is 1.19 bits per heavy atom. The molecule has 5 aromatic rings. The normalized spacial score (nSPS) is 10.8. The van der Waals surface area contributed by atoms with Gasteiger partial charge in [0.2, 0.25) is 17.8 Å². The van der Waals surface area contributed by atoms with Gasteiger partial charge in [-0.3, -0.25) is 4.98 Å². The number of para-hydroxylation sites is 2. The number of hydrogen-bond acceptors (Lipinski definition) is 8. The number of anilines is 6. The maximum Gasteiger partial charge on any atom is 0.233 e. The second kappa shape index (κ2) is 10.9. The molecule has 2 heterocycles. The van der Waals surface area contributed by atoms with Crippen molar-refractivity contribution < 1.29 is 0 Å². The van der Waals surface area contributed by atoms with Crippen LogP contribution in [0, 0.1) is 20.8 Å². The standard InChI is InChI=1S/C29H30N8/c1-19-12-13-22-25(14-15-30-26(22)18-19)31-16-17-32-27-35-28(33-23-10-6-4-8-20(23)2)37-29(36-27)34-24-11-7-5-9-21(24)3/h4-15,18H,16-17H2,1-3H3,(H,30,31)(H3,32,33,34,35,36,37). The van der Waals surface area contributed by atoms with Gasteiger partial charge in [0, 0.05) is 41.7 Å². The minimum Gasteiger partial charge on any atom is -0.383 e. The van der Waals surface area contributed by atoms with Crippen LogP contribution in [0.5, 0.6) is 0 Å². The summed E-state index contributed by atoms with van der Waals surface area (Å²) in [6.45, 7) is 7.47. The Balaban J connectivity index is 1.32. The van der Waals surface area contributed by atoms with E-state index in [1.165, 1.54) is 5.56 Å². The molecule has 0 unspecified atom stereocenters. The molecule has 37 heavy (non-hydrogen) atoms. The monoisotopic (exact) mass is 490 g/mol. The van der Waals surface area contributed by atoms with Gasteiger partial charge in [0.05, 0.1) is 5.52 Å². The lowest BCUT2D eigenvalue weighted by molar-refractivity contribution is 0.998. The Bertz CT molecular complexity index is 1470. The molecule has 3 aromatic carbocycles. The zero-order valence-electron chi connectivity index (χ0n) is 21.2. The predicted octanol–water partition coefficient (Wildman–Crippen LogP) is 6.36. The van der Waals surface area contributed by atoms with Gasteiger partial charge < -0.3 is 21.3 Å². The van der Waals surface area contributed by atoms with E-state index < -0.39 is 0 Å². The fraction of sp³-hybridized carbons (Fsp3) is 0.172. The van der Waals surface area contributed by atoms with E-state index in [0.29, 0.717) is 30.9 Å². The highest BCUT2D eigenvalue weighted by molar-refractivity contribution is 5.91. The SMILES string of the molecule is Cc1ccc2c(NCCNc3nc(Nc4ccccc4C)nc(Nc4ccccc4C)n3)ccnc2c1. The first kappa shape index (κ1) is 24.0. The number of nitrogens with one attached hydrogen (secondary N) is 4. The van der Waals surface area contributed by atoms with Crippen molar-refractivity contribution in [2.75, 3.05) is 34.4 Å². The quantitative estimate of drug-likeness (QED) is 0.177. The second-order valence-corrected chi connectivity index (χ2v) is 8.92. The van der Waals surface area contributed by atoms with Crippen LogP contribution in [0.2, 0.25) is 0 Å². The molecule has 186 valence electrons. The molecule has 5 rings (SSSR count). The van der Waals surface area contributed by atoms with E-state index in [-0.39, 0.29) is 0 Å². The van der Waals surface area contributed by atoms with Gasteiger partial charge in [-0.1, -0.05) is 48.5 Å². The fourth-order valence-corrected chi connectivity index (χ4v) is 4.02. The first-order chi connectivity index (χ1) is 18.0. The summed E-state index contributed by atoms with van der Waals surface area (Å²) in [4.78, 5) is 18.3. The molecule has 0 spiro atoms. The van der Waals surface area contributed by atoms with Gasteiger partial charge in [-0.2, -0.15) is 15.0 Å². The zero-order chi connectivity index (χ0) is 25.6. The molecule has 0 saturated carbocycles. The molecular weight excluding hydrogens is 460 g/mol. The van der Waals surface area contributed by atoms with Gasteiger partial charge in [0.15, 0.2) is 0 Å². The van der Waals surface area contributed by atoms with Crippen molar-refractivity contribution >= 4 is 45.8 Å². The van der Waals surface area contributed by atoms with Crippen LogP contribution in [0.3, 0.4) is 0 Å². The molecule has 0 saturated heterocycles. The maximum atomic E-state index is 4.62. The molecule has 0 aliphatic carbocycles. The minimum atomic E-state index is 0.464. The Labute approximate surface area is 216 Å². The summed E-state index contributed by atoms with van der Waals surface area (Å²) < 4.78 is 0. The number of pyridine rings is 1. The number of nitrogens with zero attached hydrogens (tertiary/aromatic N) is 4. The first-order valence-electron chi connectivity index (χ1n) is 12.3. The van der Waals surface area contributed by atoms with Crippen molar-refractivity contribution in [3.63, 3.8) is 0 Å². The van der Waals surface area contributed by atoms with Crippen LogP contribution >= 0.6 is 0 Å². The van der Waals surface area contributed by atoms with Crippen molar-refractivity contribution in [3.05, 3.63) is 95.7 Å². The van der Waals surface area contributed by atoms with Crippen LogP contribution in [0.1, 0.15) is 16.7 Å². The van der Waals surface area contributed by atoms with Gasteiger partial charge in [0.1, 0.15) is 0 Å². The van der Waals surface area contributed by atoms with Crippen molar-refractivity contribution in [2.45, 2.75) is 20.8 Å². The molecule has 0 aliphatic rings. The van der Waals surface area contributed by atoms with Crippen molar-refractivity contribution in [2.24, 2.45) is 0 Å². The highest BCUT2D eigenvalue weighted by atomic mass is 15.3. The van der Waals surface area contributed by atoms with Crippen molar-refractivity contribution in [1.82, 2.24) is 19.9 Å². The number of aromatic nitrogens is 4. The molecule has 0 amide bonds. The topological polar surface area (TPSA) is 99.7 Å². The Kier molecular flexibility index (Phi) is 7.07. The van der Waals surface area contributed by atoms with Gasteiger partial charge in [-0.15, -0.1) is 0 Å². The molecule has 0 atom stereocenters. The Morgan fingerprint density at radius 3 is 1.84 bits per heavy atom. The number of aryl methyl sites for hydroxylation is 3. The third kappa shape index (κ3) is 5.92. The maximum absolute atomic E-state index is 4.62. The molecule has 0 bridgehead atoms. The molecule has 4 N–H and O–H groups in total. The number of rotatable bonds is 9. The van der Waals surface area contributed by atoms with E-state index in [9.17, 15) is 0 Å². The van der Waals surface area contributed by atoms with Gasteiger partial charge in [-0.05, 0) is 61.7 Å². The highest BCUT2D eigenvalue weighted by Gasteiger charge is 2.10. The minimum absolute atomic E-state index is 0.464. The lowest BCUT2D eigenvalue weighted by Gasteiger charge is -2.14. The molecular formula is C29H30N8. The smallest absolute Gasteiger partial charge is 0.233 e. The number of hydrogen-bond donors (Lipinski definition) is 4. The predicted molar refractivity (Wildman–Crippen MR) is 152 cm³/mol. The Hall–Kier alpha value is -4.72. The summed E-state index contributed by atoms with van der Waals surface area (Å²) in [5.74, 6) is 1.41. The number of fused-ring (bicyclic) bond motifs is 1. The summed E-state index contributed by atoms with van der Waals surface area (Å²) in [5, 5.41) is 14.6. The first-order valence-corrected chi connectivity index (χ1v) is 12.3. The van der Waals surface area contributed by atoms with E-state index in [0.717, 1.165) is 39.1 Å². The largest absolute Gasteiger partial charge is 0.383 e. The van der Waals surface area contributed by atoms with E-state index >= 15 is 0 Å². The molecule has 8 heteroatoms. The van der Waals surface area contributed by atoms with Crippen LogP contribution in [-0.4, -0.2) is 33.0 Å². The molecule has 8 nitrogen and oxygen atoms in total. The third-order valence-corrected chi connectivity index (χ3v) is 6.04. The number of benzene rings is 3. The molecule has 2 aromatic heterocycles. The summed E-state index contributed by atoms with van der Waals surface area (Å²) in [7, 11) is 0. The average Bonchev–Trinajstić information content (AvgIpc) is 2.89. The molecule has 0 fully saturated rings. The van der Waals surface area contributed by atoms with Crippen LogP contribution in [0.15, 0.2) is 79.0 Å². The van der Waals surface area contributed by atoms with E-state index in [4.69, 9.17) is 0 Å². The van der Waals surface area contributed by atoms with Crippen molar-refractivity contribution in [3.8, 4) is 0 Å². The van der Waals surface area contributed by atoms with Crippen LogP contribution in [0.25, 0.3) is 10.9 Å². The van der Waals surface area contributed by atoms with Crippen LogP contribution in [0.4, 0.5) is 34.9 Å². The summed E-state index contributed by atoms with van der Waals surface area (Å²) in [5.41, 5.74) is 7.33. The van der Waals surface area contributed by atoms with Crippen LogP contribution < -0.4 is 21.3 Å². The van der Waals surface area contributed by atoms with Crippen LogP contribution in [-0.2, 0) is 0 Å². The van der Waals surface area contributed by atoms with Gasteiger partial charge in [0.25, 0.3) is 0 Å². The summed E-state index contributed by atoms with van der Waals surface area (Å²) >= 11 is 0. The van der Waals surface area contributed by atoms with Gasteiger partial charge in [-0.25, -0.2) is 0 Å². The highest BCUT2D eigenvalue weighted by Crippen LogP contribution is 2.23. The lowest BCUT2D eigenvalue weighted by Crippen LogP contribution is -2.17. The zero-order valence-corrected chi connectivity index (χ0v) is 21.2. The third-order valence-electron chi connectivity index (χ3n) is 6.04. The van der Waals surface area contributed by atoms with E-state index in [2.05, 4.69) is 66.3 Å². The summed E-state index contributed by atoms with van der Waals surface area (Å²) in [6.07, 6.45) is 1.83. The summed E-state index contributed by atoms with van der Waals surface area (Å²) in [6, 6.07) is 24.4. The average molecular weight is 491 g/mol. The second-order valence-electron chi connectivity index (χ2n) is 8.92. The Morgan fingerprint density at radius 1 is 0.595 bits per heavy atom. The lowest BCUT2D eigenvalue weighted by atomic mass is 10.1.